The van der Waals surface area contributed by atoms with E-state index >= 15 is 0 Å². The molecule has 1 aliphatic heterocycles. The van der Waals surface area contributed by atoms with Crippen molar-refractivity contribution in [2.45, 2.75) is 0 Å². The standard InChI is InChI=1S/C15H8N2O3/c16-8-10(14(18)12-6-3-7-20-12)13-9-4-1-2-5-11(9)17-15(13)19/h1-7H,(H,17,19). The molecule has 0 unspecified atom stereocenters. The summed E-state index contributed by atoms with van der Waals surface area (Å²) in [5, 5.41) is 11.9. The number of para-hydroxylation sites is 1. The molecule has 1 aromatic heterocycles. The van der Waals surface area contributed by atoms with Gasteiger partial charge in [-0.3, -0.25) is 9.59 Å². The van der Waals surface area contributed by atoms with Crippen LogP contribution in [0.2, 0.25) is 0 Å². The molecule has 1 amide bonds. The third-order valence-electron chi connectivity index (χ3n) is 3.01. The molecule has 0 atom stereocenters. The highest BCUT2D eigenvalue weighted by Crippen LogP contribution is 2.34. The maximum atomic E-state index is 12.2. The Morgan fingerprint density at radius 3 is 2.70 bits per heavy atom. The number of benzene rings is 1. The highest BCUT2D eigenvalue weighted by atomic mass is 16.3. The highest BCUT2D eigenvalue weighted by Gasteiger charge is 2.31. The van der Waals surface area contributed by atoms with Crippen LogP contribution in [0.1, 0.15) is 16.1 Å². The first-order chi connectivity index (χ1) is 9.72. The first kappa shape index (κ1) is 11.9. The molecule has 1 aliphatic rings. The van der Waals surface area contributed by atoms with Crippen LogP contribution in [0.4, 0.5) is 5.69 Å². The molecule has 0 fully saturated rings. The molecule has 0 radical (unpaired) electrons. The third-order valence-corrected chi connectivity index (χ3v) is 3.01. The summed E-state index contributed by atoms with van der Waals surface area (Å²) in [7, 11) is 0. The third kappa shape index (κ3) is 1.71. The van der Waals surface area contributed by atoms with Gasteiger partial charge in [0, 0.05) is 11.3 Å². The lowest BCUT2D eigenvalue weighted by Gasteiger charge is -2.00. The molecule has 1 N–H and O–H groups in total. The van der Waals surface area contributed by atoms with Crippen molar-refractivity contribution in [3.8, 4) is 6.07 Å². The Morgan fingerprint density at radius 1 is 1.20 bits per heavy atom. The molecule has 0 saturated carbocycles. The number of nitrogens with zero attached hydrogens (tertiary/aromatic N) is 1. The van der Waals surface area contributed by atoms with Gasteiger partial charge in [0.25, 0.3) is 5.91 Å². The predicted molar refractivity (Wildman–Crippen MR) is 70.6 cm³/mol. The van der Waals surface area contributed by atoms with Crippen LogP contribution in [0.15, 0.2) is 52.7 Å². The van der Waals surface area contributed by atoms with Gasteiger partial charge < -0.3 is 9.73 Å². The molecule has 2 heterocycles. The van der Waals surface area contributed by atoms with Crippen LogP contribution in [0.25, 0.3) is 5.57 Å². The summed E-state index contributed by atoms with van der Waals surface area (Å²) in [4.78, 5) is 24.2. The number of ketones is 1. The average molecular weight is 264 g/mol. The fraction of sp³-hybridized carbons (Fsp3) is 0. The van der Waals surface area contributed by atoms with Crippen molar-refractivity contribution >= 4 is 23.0 Å². The predicted octanol–water partition coefficient (Wildman–Crippen LogP) is 2.39. The van der Waals surface area contributed by atoms with Gasteiger partial charge in [0.1, 0.15) is 11.6 Å². The fourth-order valence-corrected chi connectivity index (χ4v) is 2.12. The van der Waals surface area contributed by atoms with Crippen LogP contribution in [-0.2, 0) is 4.79 Å². The van der Waals surface area contributed by atoms with E-state index in [4.69, 9.17) is 4.42 Å². The lowest BCUT2D eigenvalue weighted by Crippen LogP contribution is -2.10. The Hall–Kier alpha value is -3.13. The van der Waals surface area contributed by atoms with Crippen molar-refractivity contribution in [1.82, 2.24) is 0 Å². The minimum Gasteiger partial charge on any atom is -0.461 e. The molecule has 5 nitrogen and oxygen atoms in total. The Bertz CT molecular complexity index is 780. The minimum absolute atomic E-state index is 0.0335. The molecule has 0 spiro atoms. The van der Waals surface area contributed by atoms with Gasteiger partial charge in [0.2, 0.25) is 5.78 Å². The largest absolute Gasteiger partial charge is 0.461 e. The van der Waals surface area contributed by atoms with E-state index in [2.05, 4.69) is 5.32 Å². The van der Waals surface area contributed by atoms with Gasteiger partial charge in [-0.25, -0.2) is 0 Å². The maximum absolute atomic E-state index is 12.2. The van der Waals surface area contributed by atoms with Gasteiger partial charge in [-0.1, -0.05) is 18.2 Å². The molecular formula is C15H8N2O3. The van der Waals surface area contributed by atoms with E-state index in [1.165, 1.54) is 12.3 Å². The second kappa shape index (κ2) is 4.52. The zero-order valence-corrected chi connectivity index (χ0v) is 10.2. The van der Waals surface area contributed by atoms with E-state index in [1.54, 1.807) is 30.3 Å². The Morgan fingerprint density at radius 2 is 2.00 bits per heavy atom. The first-order valence-corrected chi connectivity index (χ1v) is 5.85. The normalized spacial score (nSPS) is 15.2. The second-order valence-corrected chi connectivity index (χ2v) is 4.17. The monoisotopic (exact) mass is 264 g/mol. The second-order valence-electron chi connectivity index (χ2n) is 4.17. The zero-order chi connectivity index (χ0) is 14.1. The summed E-state index contributed by atoms with van der Waals surface area (Å²) < 4.78 is 4.99. The van der Waals surface area contributed by atoms with Crippen molar-refractivity contribution in [3.63, 3.8) is 0 Å². The number of nitriles is 1. The fourth-order valence-electron chi connectivity index (χ4n) is 2.12. The summed E-state index contributed by atoms with van der Waals surface area (Å²) >= 11 is 0. The van der Waals surface area contributed by atoms with Crippen LogP contribution in [0.5, 0.6) is 0 Å². The number of hydrogen-bond acceptors (Lipinski definition) is 4. The maximum Gasteiger partial charge on any atom is 0.257 e. The van der Waals surface area contributed by atoms with Crippen LogP contribution in [0, 0.1) is 11.3 Å². The summed E-state index contributed by atoms with van der Waals surface area (Å²) in [5.41, 5.74) is 1.01. The zero-order valence-electron chi connectivity index (χ0n) is 10.2. The summed E-state index contributed by atoms with van der Waals surface area (Å²) in [6.07, 6.45) is 1.34. The molecule has 2 aromatic rings. The number of allylic oxidation sites excluding steroid dienone is 1. The van der Waals surface area contributed by atoms with Crippen LogP contribution in [-0.4, -0.2) is 11.7 Å². The number of carbonyl (C=O) groups excluding carboxylic acids is 2. The van der Waals surface area contributed by atoms with E-state index < -0.39 is 11.7 Å². The van der Waals surface area contributed by atoms with E-state index in [0.717, 1.165) is 0 Å². The van der Waals surface area contributed by atoms with Gasteiger partial charge in [0.05, 0.1) is 11.8 Å². The number of rotatable bonds is 2. The molecule has 20 heavy (non-hydrogen) atoms. The number of anilines is 1. The van der Waals surface area contributed by atoms with Crippen LogP contribution >= 0.6 is 0 Å². The lowest BCUT2D eigenvalue weighted by atomic mass is 9.98. The molecule has 3 rings (SSSR count). The van der Waals surface area contributed by atoms with Gasteiger partial charge >= 0.3 is 0 Å². The lowest BCUT2D eigenvalue weighted by molar-refractivity contribution is -0.110. The SMILES string of the molecule is N#CC(C(=O)c1ccco1)=C1C(=O)Nc2ccccc21. The van der Waals surface area contributed by atoms with Crippen molar-refractivity contribution in [3.05, 3.63) is 59.6 Å². The first-order valence-electron chi connectivity index (χ1n) is 5.85. The number of hydrogen-bond donors (Lipinski definition) is 1. The number of amides is 1. The van der Waals surface area contributed by atoms with Gasteiger partial charge in [0.15, 0.2) is 5.76 Å². The quantitative estimate of drug-likeness (QED) is 0.513. The van der Waals surface area contributed by atoms with Gasteiger partial charge in [-0.05, 0) is 18.2 Å². The van der Waals surface area contributed by atoms with Crippen LogP contribution < -0.4 is 5.32 Å². The highest BCUT2D eigenvalue weighted by molar-refractivity contribution is 6.37. The molecule has 5 heteroatoms. The van der Waals surface area contributed by atoms with E-state index in [-0.39, 0.29) is 16.9 Å². The van der Waals surface area contributed by atoms with Crippen molar-refractivity contribution in [1.29, 1.82) is 5.26 Å². The van der Waals surface area contributed by atoms with E-state index in [1.807, 2.05) is 6.07 Å². The number of furan rings is 1. The molecular weight excluding hydrogens is 256 g/mol. The van der Waals surface area contributed by atoms with Gasteiger partial charge in [-0.2, -0.15) is 5.26 Å². The van der Waals surface area contributed by atoms with Crippen molar-refractivity contribution in [2.75, 3.05) is 5.32 Å². The molecule has 0 saturated heterocycles. The van der Waals surface area contributed by atoms with Gasteiger partial charge in [-0.15, -0.1) is 0 Å². The number of fused-ring (bicyclic) bond motifs is 1. The summed E-state index contributed by atoms with van der Waals surface area (Å²) in [6, 6.07) is 11.7. The molecule has 0 bridgehead atoms. The van der Waals surface area contributed by atoms with Crippen molar-refractivity contribution in [2.24, 2.45) is 0 Å². The minimum atomic E-state index is -0.598. The number of Topliss-reactive ketones (excluding diaryl/α,β-unsaturated/α-hetero) is 1. The number of carbonyl (C=O) groups is 2. The Labute approximate surface area is 114 Å². The average Bonchev–Trinajstić information content (AvgIpc) is 3.08. The number of nitrogens with one attached hydrogen (secondary N) is 1. The smallest absolute Gasteiger partial charge is 0.257 e. The molecule has 96 valence electrons. The summed E-state index contributed by atoms with van der Waals surface area (Å²) in [5.74, 6) is -1.02. The molecule has 0 aliphatic carbocycles. The van der Waals surface area contributed by atoms with E-state index in [9.17, 15) is 14.9 Å². The van der Waals surface area contributed by atoms with E-state index in [0.29, 0.717) is 11.3 Å². The van der Waals surface area contributed by atoms with Crippen molar-refractivity contribution < 1.29 is 14.0 Å². The van der Waals surface area contributed by atoms with Crippen LogP contribution in [0.3, 0.4) is 0 Å². The topological polar surface area (TPSA) is 83.1 Å². The Balaban J connectivity index is 2.20. The molecule has 1 aromatic carbocycles. The summed E-state index contributed by atoms with van der Waals surface area (Å²) in [6.45, 7) is 0. The Kier molecular flexibility index (Phi) is 2.70.